The van der Waals surface area contributed by atoms with E-state index in [2.05, 4.69) is 93.7 Å². The van der Waals surface area contributed by atoms with E-state index in [1.807, 2.05) is 0 Å². The topological polar surface area (TPSA) is 78.9 Å². The molecule has 0 fully saturated rings. The van der Waals surface area contributed by atoms with Gasteiger partial charge in [0.05, 0.1) is 0 Å². The second-order valence-corrected chi connectivity index (χ2v) is 19.9. The number of hydrogen-bond acceptors (Lipinski definition) is 6. The number of carbonyl (C=O) groups is 3. The van der Waals surface area contributed by atoms with Gasteiger partial charge in [-0.1, -0.05) is 261 Å². The first-order valence-corrected chi connectivity index (χ1v) is 29.9. The SMILES string of the molecule is CC/C=C\C/C=C\C/C=C\C/C=C\C/C=C\CCCCCCCCCCCCCCCC(=O)OCC(COC(=O)CCCCCCCCCCCC)OC(=O)CCCCCCC/C=C\CCCCCC. The molecular formula is C64H112O6. The minimum absolute atomic E-state index is 0.0752. The Balaban J connectivity index is 4.15. The maximum atomic E-state index is 12.8. The van der Waals surface area contributed by atoms with Crippen molar-refractivity contribution in [2.24, 2.45) is 0 Å². The van der Waals surface area contributed by atoms with Gasteiger partial charge in [-0.2, -0.15) is 0 Å². The highest BCUT2D eigenvalue weighted by molar-refractivity contribution is 5.71. The van der Waals surface area contributed by atoms with Gasteiger partial charge in [0.1, 0.15) is 13.2 Å². The Morgan fingerprint density at radius 3 is 0.900 bits per heavy atom. The Kier molecular flexibility index (Phi) is 55.8. The molecule has 0 aromatic heterocycles. The van der Waals surface area contributed by atoms with Crippen molar-refractivity contribution in [2.45, 2.75) is 303 Å². The number of unbranched alkanes of at least 4 members (excludes halogenated alkanes) is 31. The van der Waals surface area contributed by atoms with E-state index in [1.165, 1.54) is 154 Å². The highest BCUT2D eigenvalue weighted by Crippen LogP contribution is 2.16. The molecule has 0 spiro atoms. The second-order valence-electron chi connectivity index (χ2n) is 19.9. The molecule has 0 radical (unpaired) electrons. The summed E-state index contributed by atoms with van der Waals surface area (Å²) in [7, 11) is 0. The van der Waals surface area contributed by atoms with Crippen molar-refractivity contribution in [1.29, 1.82) is 0 Å². The lowest BCUT2D eigenvalue weighted by atomic mass is 10.0. The normalized spacial score (nSPS) is 12.6. The van der Waals surface area contributed by atoms with E-state index in [9.17, 15) is 14.4 Å². The van der Waals surface area contributed by atoms with Crippen molar-refractivity contribution in [1.82, 2.24) is 0 Å². The van der Waals surface area contributed by atoms with Crippen LogP contribution in [0.15, 0.2) is 72.9 Å². The molecule has 70 heavy (non-hydrogen) atoms. The standard InChI is InChI=1S/C64H112O6/c1-4-7-10-13-16-19-22-24-25-26-27-28-29-30-31-32-33-34-35-36-37-38-39-41-42-45-48-51-54-57-63(66)69-60-61(59-68-62(65)56-53-50-47-44-21-18-15-12-9-6-3)70-64(67)58-55-52-49-46-43-40-23-20-17-14-11-8-5-2/h7,10,16,19-20,23-25,27-28,30-31,61H,4-6,8-9,11-15,17-18,21-22,26,29,32-60H2,1-3H3/b10-7-,19-16-,23-20-,25-24-,28-27-,31-30-. The zero-order chi connectivity index (χ0) is 50.7. The summed E-state index contributed by atoms with van der Waals surface area (Å²) in [4.78, 5) is 38.1. The molecule has 0 rings (SSSR count). The molecule has 6 nitrogen and oxygen atoms in total. The van der Waals surface area contributed by atoms with Gasteiger partial charge >= 0.3 is 17.9 Å². The van der Waals surface area contributed by atoms with E-state index >= 15 is 0 Å². The van der Waals surface area contributed by atoms with Gasteiger partial charge in [0.25, 0.3) is 0 Å². The first kappa shape index (κ1) is 66.9. The molecule has 0 heterocycles. The van der Waals surface area contributed by atoms with Crippen molar-refractivity contribution in [2.75, 3.05) is 13.2 Å². The third kappa shape index (κ3) is 55.8. The number of esters is 3. The predicted octanol–water partition coefficient (Wildman–Crippen LogP) is 20.2. The minimum Gasteiger partial charge on any atom is -0.462 e. The van der Waals surface area contributed by atoms with Crippen LogP contribution in [-0.2, 0) is 28.6 Å². The van der Waals surface area contributed by atoms with Crippen LogP contribution in [0.4, 0.5) is 0 Å². The first-order valence-electron chi connectivity index (χ1n) is 29.9. The molecular weight excluding hydrogens is 865 g/mol. The zero-order valence-electron chi connectivity index (χ0n) is 46.3. The summed E-state index contributed by atoms with van der Waals surface area (Å²) in [5, 5.41) is 0. The number of hydrogen-bond donors (Lipinski definition) is 0. The van der Waals surface area contributed by atoms with Crippen molar-refractivity contribution >= 4 is 17.9 Å². The monoisotopic (exact) mass is 977 g/mol. The van der Waals surface area contributed by atoms with Gasteiger partial charge in [-0.3, -0.25) is 14.4 Å². The van der Waals surface area contributed by atoms with Gasteiger partial charge in [-0.25, -0.2) is 0 Å². The minimum atomic E-state index is -0.776. The largest absolute Gasteiger partial charge is 0.462 e. The van der Waals surface area contributed by atoms with Gasteiger partial charge in [0.15, 0.2) is 6.10 Å². The Labute approximate surface area is 433 Å². The maximum absolute atomic E-state index is 12.8. The van der Waals surface area contributed by atoms with E-state index in [1.54, 1.807) is 0 Å². The van der Waals surface area contributed by atoms with Crippen LogP contribution in [0, 0.1) is 0 Å². The molecule has 0 saturated heterocycles. The maximum Gasteiger partial charge on any atom is 0.306 e. The lowest BCUT2D eigenvalue weighted by Gasteiger charge is -2.18. The molecule has 0 aliphatic heterocycles. The second kappa shape index (κ2) is 58.4. The summed E-state index contributed by atoms with van der Waals surface area (Å²) < 4.78 is 16.8. The quantitative estimate of drug-likeness (QED) is 0.0261. The third-order valence-electron chi connectivity index (χ3n) is 12.9. The molecule has 0 saturated carbocycles. The highest BCUT2D eigenvalue weighted by Gasteiger charge is 2.19. The van der Waals surface area contributed by atoms with Crippen molar-refractivity contribution in [3.63, 3.8) is 0 Å². The van der Waals surface area contributed by atoms with Crippen LogP contribution in [0.1, 0.15) is 297 Å². The van der Waals surface area contributed by atoms with Crippen LogP contribution >= 0.6 is 0 Å². The Morgan fingerprint density at radius 1 is 0.300 bits per heavy atom. The van der Waals surface area contributed by atoms with Gasteiger partial charge < -0.3 is 14.2 Å². The first-order chi connectivity index (χ1) is 34.5. The molecule has 0 aliphatic rings. The summed E-state index contributed by atoms with van der Waals surface area (Å²) in [6.45, 7) is 6.51. The van der Waals surface area contributed by atoms with Gasteiger partial charge in [-0.15, -0.1) is 0 Å². The van der Waals surface area contributed by atoms with Crippen molar-refractivity contribution in [3.05, 3.63) is 72.9 Å². The van der Waals surface area contributed by atoms with Crippen molar-refractivity contribution < 1.29 is 28.6 Å². The van der Waals surface area contributed by atoms with Gasteiger partial charge in [-0.05, 0) is 89.9 Å². The third-order valence-corrected chi connectivity index (χ3v) is 12.9. The molecule has 0 N–H and O–H groups in total. The Morgan fingerprint density at radius 2 is 0.557 bits per heavy atom. The zero-order valence-corrected chi connectivity index (χ0v) is 46.3. The molecule has 0 aromatic carbocycles. The average molecular weight is 978 g/mol. The molecule has 0 bridgehead atoms. The van der Waals surface area contributed by atoms with Crippen molar-refractivity contribution in [3.8, 4) is 0 Å². The van der Waals surface area contributed by atoms with Crippen LogP contribution in [0.25, 0.3) is 0 Å². The summed E-state index contributed by atoms with van der Waals surface area (Å²) in [5.74, 6) is -0.877. The van der Waals surface area contributed by atoms with E-state index in [-0.39, 0.29) is 31.1 Å². The Hall–Kier alpha value is -3.15. The summed E-state index contributed by atoms with van der Waals surface area (Å²) in [6.07, 6.45) is 74.8. The fourth-order valence-corrected chi connectivity index (χ4v) is 8.47. The highest BCUT2D eigenvalue weighted by atomic mass is 16.6. The number of ether oxygens (including phenoxy) is 3. The van der Waals surface area contributed by atoms with Crippen LogP contribution in [-0.4, -0.2) is 37.2 Å². The predicted molar refractivity (Wildman–Crippen MR) is 302 cm³/mol. The fraction of sp³-hybridized carbons (Fsp3) is 0.766. The van der Waals surface area contributed by atoms with E-state index in [4.69, 9.17) is 14.2 Å². The van der Waals surface area contributed by atoms with Crippen LogP contribution < -0.4 is 0 Å². The molecule has 1 unspecified atom stereocenters. The fourth-order valence-electron chi connectivity index (χ4n) is 8.47. The Bertz CT molecular complexity index is 1310. The molecule has 0 amide bonds. The van der Waals surface area contributed by atoms with Gasteiger partial charge in [0.2, 0.25) is 0 Å². The number of carbonyl (C=O) groups excluding carboxylic acids is 3. The summed E-state index contributed by atoms with van der Waals surface area (Å²) >= 11 is 0. The van der Waals surface area contributed by atoms with E-state index < -0.39 is 6.10 Å². The van der Waals surface area contributed by atoms with E-state index in [0.717, 1.165) is 103 Å². The molecule has 0 aliphatic carbocycles. The molecule has 6 heteroatoms. The number of allylic oxidation sites excluding steroid dienone is 12. The van der Waals surface area contributed by atoms with E-state index in [0.29, 0.717) is 19.3 Å². The van der Waals surface area contributed by atoms with Crippen LogP contribution in [0.5, 0.6) is 0 Å². The summed E-state index contributed by atoms with van der Waals surface area (Å²) in [6, 6.07) is 0. The average Bonchev–Trinajstić information content (AvgIpc) is 3.36. The smallest absolute Gasteiger partial charge is 0.306 e. The molecule has 0 aromatic rings. The molecule has 1 atom stereocenters. The summed E-state index contributed by atoms with van der Waals surface area (Å²) in [5.41, 5.74) is 0. The van der Waals surface area contributed by atoms with Gasteiger partial charge in [0, 0.05) is 19.3 Å². The van der Waals surface area contributed by atoms with Crippen LogP contribution in [0.2, 0.25) is 0 Å². The molecule has 404 valence electrons. The number of rotatable bonds is 54. The lowest BCUT2D eigenvalue weighted by molar-refractivity contribution is -0.167. The lowest BCUT2D eigenvalue weighted by Crippen LogP contribution is -2.30. The van der Waals surface area contributed by atoms with Crippen LogP contribution in [0.3, 0.4) is 0 Å².